The average Bonchev–Trinajstić information content (AvgIpc) is 2.61. The lowest BCUT2D eigenvalue weighted by molar-refractivity contribution is -0.254. The van der Waals surface area contributed by atoms with Crippen LogP contribution in [0.4, 0.5) is 0 Å². The first kappa shape index (κ1) is 23.1. The second-order valence-electron chi connectivity index (χ2n) is 10.2. The summed E-state index contributed by atoms with van der Waals surface area (Å²) in [6, 6.07) is 0.326. The predicted octanol–water partition coefficient (Wildman–Crippen LogP) is 4.48. The Labute approximate surface area is 170 Å². The number of nitrogens with zero attached hydrogens (tertiary/aromatic N) is 2. The molecule has 6 nitrogen and oxygen atoms in total. The highest BCUT2D eigenvalue weighted by atomic mass is 16.7. The molecule has 2 aliphatic heterocycles. The molecule has 0 N–H and O–H groups in total. The molecule has 2 fully saturated rings. The molecule has 2 aliphatic rings. The van der Waals surface area contributed by atoms with Gasteiger partial charge in [0.15, 0.2) is 0 Å². The van der Waals surface area contributed by atoms with Gasteiger partial charge in [0.05, 0.1) is 23.9 Å². The van der Waals surface area contributed by atoms with E-state index in [2.05, 4.69) is 55.4 Å². The topological polar surface area (TPSA) is 59.1 Å². The maximum Gasteiger partial charge on any atom is 0.325 e. The summed E-state index contributed by atoms with van der Waals surface area (Å²) in [5.41, 5.74) is -0.378. The fraction of sp³-hybridized carbons (Fsp3) is 0.909. The molecule has 2 saturated heterocycles. The lowest BCUT2D eigenvalue weighted by Gasteiger charge is -2.47. The van der Waals surface area contributed by atoms with E-state index in [-0.39, 0.29) is 47.9 Å². The molecule has 0 aromatic carbocycles. The number of carbonyl (C=O) groups is 2. The predicted molar refractivity (Wildman–Crippen MR) is 109 cm³/mol. The zero-order chi connectivity index (χ0) is 21.3. The first-order valence-corrected chi connectivity index (χ1v) is 10.9. The summed E-state index contributed by atoms with van der Waals surface area (Å²) in [4.78, 5) is 36.2. The minimum absolute atomic E-state index is 0.0325. The van der Waals surface area contributed by atoms with Crippen LogP contribution in [0.2, 0.25) is 0 Å². The molecule has 0 amide bonds. The Balaban J connectivity index is 1.87. The SMILES string of the molecule is CC1CCC(C)(C)N(OC(=O)CCC(=O)ON2C(C)C(C)CCC2(C)C)C1C. The van der Waals surface area contributed by atoms with Crippen LogP contribution in [-0.2, 0) is 19.3 Å². The Morgan fingerprint density at radius 2 is 1.07 bits per heavy atom. The van der Waals surface area contributed by atoms with Crippen molar-refractivity contribution in [1.29, 1.82) is 0 Å². The molecule has 4 unspecified atom stereocenters. The summed E-state index contributed by atoms with van der Waals surface area (Å²) in [5, 5.41) is 3.65. The summed E-state index contributed by atoms with van der Waals surface area (Å²) in [7, 11) is 0. The van der Waals surface area contributed by atoms with Crippen molar-refractivity contribution in [2.75, 3.05) is 0 Å². The monoisotopic (exact) mass is 396 g/mol. The number of piperidine rings is 2. The Bertz CT molecular complexity index is 525. The van der Waals surface area contributed by atoms with E-state index in [1.807, 2.05) is 10.1 Å². The number of carbonyl (C=O) groups excluding carboxylic acids is 2. The molecular weight excluding hydrogens is 356 g/mol. The molecule has 6 heteroatoms. The van der Waals surface area contributed by atoms with Gasteiger partial charge in [-0.1, -0.05) is 13.8 Å². The van der Waals surface area contributed by atoms with E-state index in [0.717, 1.165) is 25.7 Å². The molecule has 0 spiro atoms. The van der Waals surface area contributed by atoms with Crippen LogP contribution in [0.15, 0.2) is 0 Å². The van der Waals surface area contributed by atoms with E-state index in [0.29, 0.717) is 11.8 Å². The molecule has 0 aromatic heterocycles. The van der Waals surface area contributed by atoms with Gasteiger partial charge >= 0.3 is 11.9 Å². The maximum absolute atomic E-state index is 12.4. The third kappa shape index (κ3) is 5.26. The van der Waals surface area contributed by atoms with Crippen molar-refractivity contribution < 1.29 is 19.3 Å². The molecule has 162 valence electrons. The summed E-state index contributed by atoms with van der Waals surface area (Å²) >= 11 is 0. The Morgan fingerprint density at radius 1 is 0.750 bits per heavy atom. The molecule has 0 aromatic rings. The van der Waals surface area contributed by atoms with Crippen LogP contribution < -0.4 is 0 Å². The number of hydroxylamine groups is 4. The zero-order valence-electron chi connectivity index (χ0n) is 19.1. The molecule has 0 aliphatic carbocycles. The van der Waals surface area contributed by atoms with Gasteiger partial charge in [-0.3, -0.25) is 9.59 Å². The van der Waals surface area contributed by atoms with Crippen molar-refractivity contribution in [3.63, 3.8) is 0 Å². The van der Waals surface area contributed by atoms with E-state index >= 15 is 0 Å². The summed E-state index contributed by atoms with van der Waals surface area (Å²) in [6.45, 7) is 16.9. The lowest BCUT2D eigenvalue weighted by Crippen LogP contribution is -2.55. The minimum atomic E-state index is -0.370. The van der Waals surface area contributed by atoms with Crippen LogP contribution in [-0.4, -0.2) is 45.2 Å². The van der Waals surface area contributed by atoms with E-state index < -0.39 is 0 Å². The van der Waals surface area contributed by atoms with E-state index in [1.54, 1.807) is 0 Å². The molecule has 0 bridgehead atoms. The molecule has 2 rings (SSSR count). The van der Waals surface area contributed by atoms with Gasteiger partial charge in [-0.25, -0.2) is 0 Å². The summed E-state index contributed by atoms with van der Waals surface area (Å²) in [6.07, 6.45) is 4.27. The maximum atomic E-state index is 12.4. The summed E-state index contributed by atoms with van der Waals surface area (Å²) < 4.78 is 0. The third-order valence-corrected chi connectivity index (χ3v) is 6.94. The average molecular weight is 397 g/mol. The zero-order valence-corrected chi connectivity index (χ0v) is 19.1. The number of rotatable bonds is 5. The Kier molecular flexibility index (Phi) is 7.19. The third-order valence-electron chi connectivity index (χ3n) is 6.94. The van der Waals surface area contributed by atoms with Crippen LogP contribution in [0.3, 0.4) is 0 Å². The minimum Gasteiger partial charge on any atom is -0.367 e. The van der Waals surface area contributed by atoms with Gasteiger partial charge in [0.1, 0.15) is 0 Å². The molecule has 28 heavy (non-hydrogen) atoms. The highest BCUT2D eigenvalue weighted by molar-refractivity contribution is 5.77. The molecule has 2 heterocycles. The second kappa shape index (κ2) is 8.70. The highest BCUT2D eigenvalue weighted by Crippen LogP contribution is 2.36. The van der Waals surface area contributed by atoms with Crippen molar-refractivity contribution in [2.45, 2.75) is 117 Å². The summed E-state index contributed by atoms with van der Waals surface area (Å²) in [5.74, 6) is 0.196. The largest absolute Gasteiger partial charge is 0.367 e. The van der Waals surface area contributed by atoms with Gasteiger partial charge < -0.3 is 9.68 Å². The molecule has 0 radical (unpaired) electrons. The van der Waals surface area contributed by atoms with Gasteiger partial charge in [-0.05, 0) is 79.1 Å². The first-order chi connectivity index (χ1) is 12.8. The molecule has 0 saturated carbocycles. The van der Waals surface area contributed by atoms with Crippen molar-refractivity contribution in [3.05, 3.63) is 0 Å². The van der Waals surface area contributed by atoms with Crippen molar-refractivity contribution >= 4 is 11.9 Å². The molecular formula is C22H40N2O4. The van der Waals surface area contributed by atoms with Gasteiger partial charge in [0, 0.05) is 12.1 Å². The van der Waals surface area contributed by atoms with Crippen molar-refractivity contribution in [1.82, 2.24) is 10.1 Å². The second-order valence-corrected chi connectivity index (χ2v) is 10.2. The first-order valence-electron chi connectivity index (χ1n) is 10.9. The van der Waals surface area contributed by atoms with E-state index in [4.69, 9.17) is 9.68 Å². The Morgan fingerprint density at radius 3 is 1.39 bits per heavy atom. The van der Waals surface area contributed by atoms with Crippen molar-refractivity contribution in [2.24, 2.45) is 11.8 Å². The lowest BCUT2D eigenvalue weighted by atomic mass is 9.83. The number of hydrogen-bond donors (Lipinski definition) is 0. The van der Waals surface area contributed by atoms with Crippen LogP contribution >= 0.6 is 0 Å². The Hall–Kier alpha value is -1.14. The van der Waals surface area contributed by atoms with Crippen LogP contribution in [0.25, 0.3) is 0 Å². The van der Waals surface area contributed by atoms with E-state index in [1.165, 1.54) is 0 Å². The van der Waals surface area contributed by atoms with Crippen LogP contribution in [0.5, 0.6) is 0 Å². The normalized spacial score (nSPS) is 33.3. The standard InChI is InChI=1S/C22H40N2O4/c1-15-11-13-21(5,6)23(17(15)3)27-19(25)9-10-20(26)28-24-18(4)16(2)12-14-22(24,7)8/h15-18H,9-14H2,1-8H3. The quantitative estimate of drug-likeness (QED) is 0.683. The van der Waals surface area contributed by atoms with Gasteiger partial charge in [-0.15, -0.1) is 10.1 Å². The highest BCUT2D eigenvalue weighted by Gasteiger charge is 2.42. The van der Waals surface area contributed by atoms with Crippen LogP contribution in [0.1, 0.15) is 93.9 Å². The number of hydrogen-bond acceptors (Lipinski definition) is 6. The van der Waals surface area contributed by atoms with Gasteiger partial charge in [-0.2, -0.15) is 0 Å². The fourth-order valence-electron chi connectivity index (χ4n) is 4.36. The van der Waals surface area contributed by atoms with Gasteiger partial charge in [0.2, 0.25) is 0 Å². The van der Waals surface area contributed by atoms with Crippen LogP contribution in [0, 0.1) is 11.8 Å². The smallest absolute Gasteiger partial charge is 0.325 e. The molecule has 4 atom stereocenters. The fourth-order valence-corrected chi connectivity index (χ4v) is 4.36. The van der Waals surface area contributed by atoms with E-state index in [9.17, 15) is 9.59 Å². The van der Waals surface area contributed by atoms with Crippen molar-refractivity contribution in [3.8, 4) is 0 Å². The van der Waals surface area contributed by atoms with Gasteiger partial charge in [0.25, 0.3) is 0 Å².